The molecule has 1 fully saturated rings. The molecule has 3 aromatic rings. The number of likely N-dealkylation sites (N-methyl/N-ethyl adjacent to an activating group) is 1. The number of hydrogen-bond acceptors (Lipinski definition) is 8. The van der Waals surface area contributed by atoms with Crippen molar-refractivity contribution < 1.29 is 29.1 Å². The fraction of sp³-hybridized carbons (Fsp3) is 0.389. The third kappa shape index (κ3) is 11.4. The third-order valence-electron chi connectivity index (χ3n) is 8.43. The smallest absolute Gasteiger partial charge is 0.242 e. The van der Waals surface area contributed by atoms with Gasteiger partial charge in [-0.2, -0.15) is 0 Å². The van der Waals surface area contributed by atoms with Gasteiger partial charge in [0.2, 0.25) is 29.5 Å². The number of nitrogens with two attached hydrogens (primary N) is 1. The van der Waals surface area contributed by atoms with Crippen LogP contribution < -0.4 is 11.1 Å². The number of rotatable bonds is 17. The van der Waals surface area contributed by atoms with E-state index in [1.807, 2.05) is 30.3 Å². The quantitative estimate of drug-likeness (QED) is 0.195. The van der Waals surface area contributed by atoms with Crippen molar-refractivity contribution in [3.05, 3.63) is 95.8 Å². The van der Waals surface area contributed by atoms with Crippen LogP contribution in [0.3, 0.4) is 0 Å². The number of carbonyl (C=O) groups excluding carboxylic acids is 5. The van der Waals surface area contributed by atoms with Gasteiger partial charge in [0.1, 0.15) is 25.4 Å². The third-order valence-corrected chi connectivity index (χ3v) is 8.43. The highest BCUT2D eigenvalue weighted by atomic mass is 16.3. The number of carbonyl (C=O) groups is 5. The summed E-state index contributed by atoms with van der Waals surface area (Å²) in [5.41, 5.74) is 7.65. The highest BCUT2D eigenvalue weighted by Gasteiger charge is 2.31. The Bertz CT molecular complexity index is 1550. The van der Waals surface area contributed by atoms with Gasteiger partial charge in [-0.1, -0.05) is 55.3 Å². The predicted octanol–water partition coefficient (Wildman–Crippen LogP) is 1.65. The van der Waals surface area contributed by atoms with Gasteiger partial charge in [-0.3, -0.25) is 29.0 Å². The van der Waals surface area contributed by atoms with Crippen LogP contribution in [0.4, 0.5) is 0 Å². The fourth-order valence-corrected chi connectivity index (χ4v) is 5.88. The van der Waals surface area contributed by atoms with Crippen molar-refractivity contribution >= 4 is 29.5 Å². The summed E-state index contributed by atoms with van der Waals surface area (Å²) in [6.45, 7) is -1.05. The van der Waals surface area contributed by atoms with Crippen molar-refractivity contribution in [3.8, 4) is 5.75 Å². The first kappa shape index (κ1) is 36.5. The molecule has 0 radical (unpaired) electrons. The number of primary amides is 1. The lowest BCUT2D eigenvalue weighted by Crippen LogP contribution is -2.51. The summed E-state index contributed by atoms with van der Waals surface area (Å²) in [4.78, 5) is 76.6. The summed E-state index contributed by atoms with van der Waals surface area (Å²) in [5.74, 6) is -2.28. The molecule has 13 heteroatoms. The van der Waals surface area contributed by atoms with Crippen LogP contribution in [0.2, 0.25) is 0 Å². The molecule has 0 aliphatic heterocycles. The van der Waals surface area contributed by atoms with E-state index in [0.29, 0.717) is 5.56 Å². The van der Waals surface area contributed by atoms with E-state index in [2.05, 4.69) is 10.3 Å². The number of benzene rings is 2. The lowest BCUT2D eigenvalue weighted by Gasteiger charge is -2.33. The predicted molar refractivity (Wildman–Crippen MR) is 182 cm³/mol. The van der Waals surface area contributed by atoms with Crippen LogP contribution in [0.5, 0.6) is 5.75 Å². The van der Waals surface area contributed by atoms with Crippen LogP contribution in [-0.2, 0) is 43.6 Å². The van der Waals surface area contributed by atoms with Gasteiger partial charge in [-0.05, 0) is 60.8 Å². The minimum atomic E-state index is -0.700. The van der Waals surface area contributed by atoms with Crippen molar-refractivity contribution in [2.24, 2.45) is 5.73 Å². The zero-order chi connectivity index (χ0) is 35.2. The maximum Gasteiger partial charge on any atom is 0.242 e. The molecule has 1 aliphatic rings. The van der Waals surface area contributed by atoms with E-state index in [1.165, 1.54) is 26.8 Å². The Morgan fingerprint density at radius 3 is 1.71 bits per heavy atom. The zero-order valence-electron chi connectivity index (χ0n) is 27.9. The first-order valence-electron chi connectivity index (χ1n) is 16.4. The minimum absolute atomic E-state index is 0.00720. The Morgan fingerprint density at radius 1 is 0.694 bits per heavy atom. The van der Waals surface area contributed by atoms with Crippen molar-refractivity contribution in [1.82, 2.24) is 29.9 Å². The Balaban J connectivity index is 1.60. The Morgan fingerprint density at radius 2 is 1.18 bits per heavy atom. The van der Waals surface area contributed by atoms with E-state index in [-0.39, 0.29) is 63.5 Å². The fourth-order valence-electron chi connectivity index (χ4n) is 5.88. The molecule has 1 aliphatic carbocycles. The number of hydrogen-bond donors (Lipinski definition) is 3. The standard InChI is InChI=1S/C36H45N7O6/c1-38-19-33(46)43(30-9-5-6-10-30)26-36(49)42(22-29-15-17-39-18-16-29)25-35(48)41(21-28-11-13-31(44)14-12-28)24-34(47)40(23-32(37)45)20-27-7-3-2-4-8-27/h2-4,7-8,11-18,30,38,44H,5-6,9-10,19-26H2,1H3,(H2,37,45). The lowest BCUT2D eigenvalue weighted by molar-refractivity contribution is -0.147. The first-order valence-corrected chi connectivity index (χ1v) is 16.4. The number of nitrogens with one attached hydrogen (secondary N) is 1. The van der Waals surface area contributed by atoms with Gasteiger partial charge in [0.25, 0.3) is 0 Å². The van der Waals surface area contributed by atoms with Crippen LogP contribution in [0, 0.1) is 0 Å². The molecule has 0 saturated heterocycles. The summed E-state index contributed by atoms with van der Waals surface area (Å²) in [7, 11) is 1.68. The summed E-state index contributed by atoms with van der Waals surface area (Å²) < 4.78 is 0. The van der Waals surface area contributed by atoms with E-state index < -0.39 is 30.2 Å². The van der Waals surface area contributed by atoms with Gasteiger partial charge in [-0.15, -0.1) is 0 Å². The van der Waals surface area contributed by atoms with Gasteiger partial charge >= 0.3 is 0 Å². The molecular formula is C36H45N7O6. The number of nitrogens with zero attached hydrogens (tertiary/aromatic N) is 5. The lowest BCUT2D eigenvalue weighted by atomic mass is 10.1. The molecule has 0 bridgehead atoms. The monoisotopic (exact) mass is 671 g/mol. The second-order valence-electron chi connectivity index (χ2n) is 12.2. The Labute approximate surface area is 286 Å². The van der Waals surface area contributed by atoms with Crippen molar-refractivity contribution in [2.75, 3.05) is 39.8 Å². The van der Waals surface area contributed by atoms with Crippen molar-refractivity contribution in [3.63, 3.8) is 0 Å². The maximum absolute atomic E-state index is 14.2. The molecule has 1 heterocycles. The molecule has 5 amide bonds. The normalized spacial score (nSPS) is 12.7. The molecule has 1 aromatic heterocycles. The molecule has 260 valence electrons. The van der Waals surface area contributed by atoms with E-state index in [4.69, 9.17) is 5.73 Å². The van der Waals surface area contributed by atoms with E-state index >= 15 is 0 Å². The topological polar surface area (TPSA) is 169 Å². The highest BCUT2D eigenvalue weighted by Crippen LogP contribution is 2.24. The maximum atomic E-state index is 14.2. The first-order chi connectivity index (χ1) is 23.6. The van der Waals surface area contributed by atoms with Gasteiger partial charge in [0.05, 0.1) is 13.1 Å². The van der Waals surface area contributed by atoms with Crippen molar-refractivity contribution in [2.45, 2.75) is 51.4 Å². The molecule has 4 N–H and O–H groups in total. The van der Waals surface area contributed by atoms with Crippen LogP contribution in [0.1, 0.15) is 42.4 Å². The average Bonchev–Trinajstić information content (AvgIpc) is 3.63. The van der Waals surface area contributed by atoms with Crippen LogP contribution in [0.15, 0.2) is 79.1 Å². The molecule has 1 saturated carbocycles. The molecule has 4 rings (SSSR count). The number of phenols is 1. The second-order valence-corrected chi connectivity index (χ2v) is 12.2. The molecule has 0 atom stereocenters. The summed E-state index contributed by atoms with van der Waals surface area (Å²) in [5, 5.41) is 12.7. The van der Waals surface area contributed by atoms with E-state index in [9.17, 15) is 29.1 Å². The largest absolute Gasteiger partial charge is 0.508 e. The summed E-state index contributed by atoms with van der Waals surface area (Å²) in [6.07, 6.45) is 6.74. The molecule has 49 heavy (non-hydrogen) atoms. The summed E-state index contributed by atoms with van der Waals surface area (Å²) >= 11 is 0. The van der Waals surface area contributed by atoms with Crippen molar-refractivity contribution in [1.29, 1.82) is 0 Å². The number of amides is 5. The molecule has 0 spiro atoms. The second kappa shape index (κ2) is 18.3. The molecule has 13 nitrogen and oxygen atoms in total. The van der Waals surface area contributed by atoms with Gasteiger partial charge in [0.15, 0.2) is 0 Å². The van der Waals surface area contributed by atoms with Crippen LogP contribution >= 0.6 is 0 Å². The van der Waals surface area contributed by atoms with E-state index in [0.717, 1.165) is 36.8 Å². The highest BCUT2D eigenvalue weighted by molar-refractivity contribution is 5.91. The van der Waals surface area contributed by atoms with Crippen LogP contribution in [0.25, 0.3) is 0 Å². The van der Waals surface area contributed by atoms with Gasteiger partial charge < -0.3 is 35.8 Å². The van der Waals surface area contributed by atoms with Gasteiger partial charge in [-0.25, -0.2) is 0 Å². The molecular weight excluding hydrogens is 626 g/mol. The Kier molecular flexibility index (Phi) is 13.6. The SMILES string of the molecule is CNCC(=O)N(CC(=O)N(CC(=O)N(CC(=O)N(CC(N)=O)Cc1ccccc1)Cc1ccc(O)cc1)Cc1ccncc1)C1CCCC1. The Hall–Kier alpha value is -5.30. The van der Waals surface area contributed by atoms with Crippen LogP contribution in [-0.4, -0.2) is 105 Å². The molecule has 0 unspecified atom stereocenters. The zero-order valence-corrected chi connectivity index (χ0v) is 27.9. The molecule has 2 aromatic carbocycles. The average molecular weight is 672 g/mol. The number of aromatic hydroxyl groups is 1. The number of pyridine rings is 1. The van der Waals surface area contributed by atoms with Gasteiger partial charge in [0, 0.05) is 38.1 Å². The summed E-state index contributed by atoms with van der Waals surface area (Å²) in [6, 6.07) is 18.8. The number of phenolic OH excluding ortho intramolecular Hbond substituents is 1. The minimum Gasteiger partial charge on any atom is -0.508 e. The number of aromatic nitrogens is 1. The van der Waals surface area contributed by atoms with E-state index in [1.54, 1.807) is 48.6 Å².